The topological polar surface area (TPSA) is 47.3 Å². The number of rotatable bonds is 5. The van der Waals surface area contributed by atoms with Crippen LogP contribution in [0.4, 0.5) is 0 Å². The summed E-state index contributed by atoms with van der Waals surface area (Å²) < 4.78 is 10.8. The first-order valence-corrected chi connectivity index (χ1v) is 5.54. The van der Waals surface area contributed by atoms with E-state index in [1.807, 2.05) is 7.05 Å². The molecular formula is C11H18N2O2. The predicted molar refractivity (Wildman–Crippen MR) is 56.8 cm³/mol. The molecule has 0 spiro atoms. The third kappa shape index (κ3) is 3.04. The van der Waals surface area contributed by atoms with Crippen molar-refractivity contribution in [2.45, 2.75) is 19.3 Å². The van der Waals surface area contributed by atoms with E-state index in [9.17, 15) is 0 Å². The molecule has 0 radical (unpaired) electrons. The van der Waals surface area contributed by atoms with Crippen LogP contribution in [0.3, 0.4) is 0 Å². The zero-order chi connectivity index (χ0) is 10.5. The third-order valence-corrected chi connectivity index (χ3v) is 2.72. The molecule has 2 rings (SSSR count). The van der Waals surface area contributed by atoms with Crippen molar-refractivity contribution in [3.63, 3.8) is 0 Å². The van der Waals surface area contributed by atoms with Crippen molar-refractivity contribution in [1.82, 2.24) is 10.3 Å². The molecule has 1 fully saturated rings. The molecule has 1 aromatic heterocycles. The van der Waals surface area contributed by atoms with Gasteiger partial charge in [-0.2, -0.15) is 0 Å². The number of ether oxygens (including phenoxy) is 1. The Morgan fingerprint density at radius 1 is 1.60 bits per heavy atom. The van der Waals surface area contributed by atoms with Gasteiger partial charge >= 0.3 is 0 Å². The minimum atomic E-state index is 0.598. The van der Waals surface area contributed by atoms with Crippen LogP contribution >= 0.6 is 0 Å². The molecular weight excluding hydrogens is 192 g/mol. The van der Waals surface area contributed by atoms with E-state index in [2.05, 4.69) is 10.3 Å². The lowest BCUT2D eigenvalue weighted by molar-refractivity contribution is 0.184. The first-order chi connectivity index (χ1) is 7.38. The second-order valence-electron chi connectivity index (χ2n) is 4.02. The van der Waals surface area contributed by atoms with Crippen molar-refractivity contribution < 1.29 is 9.15 Å². The fraction of sp³-hybridized carbons (Fsp3) is 0.727. The average Bonchev–Trinajstić information content (AvgIpc) is 2.87. The Labute approximate surface area is 90.0 Å². The number of hydrogen-bond donors (Lipinski definition) is 1. The van der Waals surface area contributed by atoms with Crippen LogP contribution in [-0.2, 0) is 17.6 Å². The van der Waals surface area contributed by atoms with Gasteiger partial charge in [-0.25, -0.2) is 4.98 Å². The molecule has 0 amide bonds. The monoisotopic (exact) mass is 210 g/mol. The van der Waals surface area contributed by atoms with Gasteiger partial charge in [0.2, 0.25) is 0 Å². The van der Waals surface area contributed by atoms with Crippen molar-refractivity contribution >= 4 is 0 Å². The van der Waals surface area contributed by atoms with Crippen LogP contribution in [0.25, 0.3) is 0 Å². The van der Waals surface area contributed by atoms with E-state index in [0.717, 1.165) is 50.6 Å². The van der Waals surface area contributed by atoms with E-state index in [1.165, 1.54) is 0 Å². The lowest BCUT2D eigenvalue weighted by Crippen LogP contribution is -2.10. The highest BCUT2D eigenvalue weighted by molar-refractivity contribution is 4.98. The van der Waals surface area contributed by atoms with E-state index in [-0.39, 0.29) is 0 Å². The van der Waals surface area contributed by atoms with Gasteiger partial charge in [0.15, 0.2) is 5.89 Å². The summed E-state index contributed by atoms with van der Waals surface area (Å²) in [6.45, 7) is 2.69. The SMILES string of the molecule is CNCCc1coc(CC2CCOC2)n1. The van der Waals surface area contributed by atoms with Gasteiger partial charge in [-0.3, -0.25) is 0 Å². The van der Waals surface area contributed by atoms with E-state index < -0.39 is 0 Å². The van der Waals surface area contributed by atoms with E-state index >= 15 is 0 Å². The molecule has 15 heavy (non-hydrogen) atoms. The van der Waals surface area contributed by atoms with Gasteiger partial charge in [-0.15, -0.1) is 0 Å². The van der Waals surface area contributed by atoms with Gasteiger partial charge in [0.25, 0.3) is 0 Å². The van der Waals surface area contributed by atoms with Crippen LogP contribution in [0.15, 0.2) is 10.7 Å². The summed E-state index contributed by atoms with van der Waals surface area (Å²) in [4.78, 5) is 4.45. The fourth-order valence-corrected chi connectivity index (χ4v) is 1.80. The molecule has 1 unspecified atom stereocenters. The number of aromatic nitrogens is 1. The van der Waals surface area contributed by atoms with Gasteiger partial charge < -0.3 is 14.5 Å². The summed E-state index contributed by atoms with van der Waals surface area (Å²) >= 11 is 0. The number of nitrogens with one attached hydrogen (secondary N) is 1. The average molecular weight is 210 g/mol. The summed E-state index contributed by atoms with van der Waals surface area (Å²) in [5.74, 6) is 1.46. The Morgan fingerprint density at radius 3 is 3.27 bits per heavy atom. The maximum atomic E-state index is 5.43. The first-order valence-electron chi connectivity index (χ1n) is 5.54. The molecule has 1 saturated heterocycles. The zero-order valence-electron chi connectivity index (χ0n) is 9.16. The number of oxazole rings is 1. The molecule has 4 nitrogen and oxygen atoms in total. The largest absolute Gasteiger partial charge is 0.449 e. The molecule has 2 heterocycles. The molecule has 1 N–H and O–H groups in total. The van der Waals surface area contributed by atoms with Gasteiger partial charge in [0.1, 0.15) is 6.26 Å². The van der Waals surface area contributed by atoms with Crippen molar-refractivity contribution in [3.8, 4) is 0 Å². The van der Waals surface area contributed by atoms with Gasteiger partial charge in [0.05, 0.1) is 5.69 Å². The third-order valence-electron chi connectivity index (χ3n) is 2.72. The number of nitrogens with zero attached hydrogens (tertiary/aromatic N) is 1. The van der Waals surface area contributed by atoms with Crippen LogP contribution in [0, 0.1) is 5.92 Å². The smallest absolute Gasteiger partial charge is 0.194 e. The molecule has 1 aromatic rings. The Kier molecular flexibility index (Phi) is 3.75. The van der Waals surface area contributed by atoms with E-state index in [0.29, 0.717) is 5.92 Å². The highest BCUT2D eigenvalue weighted by Gasteiger charge is 2.18. The van der Waals surface area contributed by atoms with E-state index in [1.54, 1.807) is 6.26 Å². The maximum absolute atomic E-state index is 5.43. The summed E-state index contributed by atoms with van der Waals surface area (Å²) in [5, 5.41) is 3.10. The normalized spacial score (nSPS) is 21.0. The quantitative estimate of drug-likeness (QED) is 0.788. The Morgan fingerprint density at radius 2 is 2.53 bits per heavy atom. The van der Waals surface area contributed by atoms with Crippen LogP contribution in [0.1, 0.15) is 18.0 Å². The van der Waals surface area contributed by atoms with Crippen molar-refractivity contribution in [2.75, 3.05) is 26.8 Å². The lowest BCUT2D eigenvalue weighted by atomic mass is 10.1. The van der Waals surface area contributed by atoms with Crippen molar-refractivity contribution in [3.05, 3.63) is 17.8 Å². The Hall–Kier alpha value is -0.870. The van der Waals surface area contributed by atoms with Crippen LogP contribution in [0.5, 0.6) is 0 Å². The highest BCUT2D eigenvalue weighted by atomic mass is 16.5. The summed E-state index contributed by atoms with van der Waals surface area (Å²) in [5.41, 5.74) is 1.04. The summed E-state index contributed by atoms with van der Waals surface area (Å²) in [7, 11) is 1.94. The lowest BCUT2D eigenvalue weighted by Gasteiger charge is -2.01. The number of likely N-dealkylation sites (N-methyl/N-ethyl adjacent to an activating group) is 1. The number of hydrogen-bond acceptors (Lipinski definition) is 4. The van der Waals surface area contributed by atoms with Crippen LogP contribution in [-0.4, -0.2) is 31.8 Å². The minimum Gasteiger partial charge on any atom is -0.449 e. The fourth-order valence-electron chi connectivity index (χ4n) is 1.80. The second kappa shape index (κ2) is 5.28. The zero-order valence-corrected chi connectivity index (χ0v) is 9.16. The van der Waals surface area contributed by atoms with Gasteiger partial charge in [0, 0.05) is 32.6 Å². The molecule has 0 aromatic carbocycles. The second-order valence-corrected chi connectivity index (χ2v) is 4.02. The Bertz CT molecular complexity index is 293. The standard InChI is InChI=1S/C11H18N2O2/c1-12-4-2-10-8-15-11(13-10)6-9-3-5-14-7-9/h8-9,12H,2-7H2,1H3. The molecule has 0 saturated carbocycles. The molecule has 4 heteroatoms. The predicted octanol–water partition coefficient (Wildman–Crippen LogP) is 1.02. The molecule has 0 aliphatic carbocycles. The van der Waals surface area contributed by atoms with Crippen molar-refractivity contribution in [2.24, 2.45) is 5.92 Å². The van der Waals surface area contributed by atoms with Gasteiger partial charge in [-0.1, -0.05) is 0 Å². The first kappa shape index (κ1) is 10.6. The summed E-state index contributed by atoms with van der Waals surface area (Å²) in [6.07, 6.45) is 4.75. The molecule has 1 aliphatic heterocycles. The summed E-state index contributed by atoms with van der Waals surface area (Å²) in [6, 6.07) is 0. The molecule has 1 aliphatic rings. The van der Waals surface area contributed by atoms with E-state index in [4.69, 9.17) is 9.15 Å². The van der Waals surface area contributed by atoms with Gasteiger partial charge in [-0.05, 0) is 19.4 Å². The Balaban J connectivity index is 1.83. The van der Waals surface area contributed by atoms with Crippen molar-refractivity contribution in [1.29, 1.82) is 0 Å². The molecule has 0 bridgehead atoms. The molecule has 84 valence electrons. The van der Waals surface area contributed by atoms with Crippen LogP contribution < -0.4 is 5.32 Å². The van der Waals surface area contributed by atoms with Crippen LogP contribution in [0.2, 0.25) is 0 Å². The minimum absolute atomic E-state index is 0.598. The molecule has 1 atom stereocenters. The maximum Gasteiger partial charge on any atom is 0.194 e. The highest BCUT2D eigenvalue weighted by Crippen LogP contribution is 2.17.